The van der Waals surface area contributed by atoms with Gasteiger partial charge in [0.25, 0.3) is 0 Å². The summed E-state index contributed by atoms with van der Waals surface area (Å²) in [4.78, 5) is 12.0. The lowest BCUT2D eigenvalue weighted by atomic mass is 10.0. The average molecular weight is 260 g/mol. The lowest BCUT2D eigenvalue weighted by molar-refractivity contribution is 0.0986. The van der Waals surface area contributed by atoms with Gasteiger partial charge in [-0.3, -0.25) is 4.79 Å². The molecule has 2 aromatic rings. The fourth-order valence-corrected chi connectivity index (χ4v) is 1.80. The van der Waals surface area contributed by atoms with Gasteiger partial charge in [-0.2, -0.15) is 0 Å². The molecule has 5 nitrogen and oxygen atoms in total. The lowest BCUT2D eigenvalue weighted by Gasteiger charge is -2.08. The SMILES string of the molecule is O=C(Cc1ccccc1O)c1c(O)cc(O)cc1O. The summed E-state index contributed by atoms with van der Waals surface area (Å²) < 4.78 is 0. The summed E-state index contributed by atoms with van der Waals surface area (Å²) in [5, 5.41) is 37.9. The van der Waals surface area contributed by atoms with Gasteiger partial charge in [0.2, 0.25) is 0 Å². The Kier molecular flexibility index (Phi) is 3.29. The standard InChI is InChI=1S/C14H12O5/c15-9-6-12(18)14(13(19)7-9)11(17)5-8-3-1-2-4-10(8)16/h1-4,6-7,15-16,18-19H,5H2. The van der Waals surface area contributed by atoms with E-state index in [2.05, 4.69) is 0 Å². The molecule has 0 spiro atoms. The molecule has 0 fully saturated rings. The molecule has 0 saturated carbocycles. The van der Waals surface area contributed by atoms with E-state index in [1.807, 2.05) is 0 Å². The van der Waals surface area contributed by atoms with E-state index >= 15 is 0 Å². The monoisotopic (exact) mass is 260 g/mol. The van der Waals surface area contributed by atoms with Crippen molar-refractivity contribution >= 4 is 5.78 Å². The summed E-state index contributed by atoms with van der Waals surface area (Å²) in [6.45, 7) is 0. The minimum Gasteiger partial charge on any atom is -0.508 e. The number of benzene rings is 2. The number of hydrogen-bond donors (Lipinski definition) is 4. The number of phenolic OH excluding ortho intramolecular Hbond substituents is 4. The molecule has 0 aliphatic carbocycles. The minimum absolute atomic E-state index is 0.0337. The predicted octanol–water partition coefficient (Wildman–Crippen LogP) is 1.93. The van der Waals surface area contributed by atoms with E-state index in [9.17, 15) is 20.1 Å². The van der Waals surface area contributed by atoms with Crippen LogP contribution in [0.2, 0.25) is 0 Å². The molecule has 0 atom stereocenters. The van der Waals surface area contributed by atoms with Crippen LogP contribution < -0.4 is 0 Å². The maximum Gasteiger partial charge on any atom is 0.174 e. The van der Waals surface area contributed by atoms with E-state index < -0.39 is 17.3 Å². The lowest BCUT2D eigenvalue weighted by Crippen LogP contribution is -2.04. The van der Waals surface area contributed by atoms with E-state index in [-0.39, 0.29) is 23.5 Å². The number of rotatable bonds is 3. The molecule has 0 unspecified atom stereocenters. The number of para-hydroxylation sites is 1. The Balaban J connectivity index is 2.34. The van der Waals surface area contributed by atoms with Crippen LogP contribution in [0, 0.1) is 0 Å². The maximum atomic E-state index is 12.0. The maximum absolute atomic E-state index is 12.0. The molecule has 0 aliphatic heterocycles. The van der Waals surface area contributed by atoms with E-state index in [0.29, 0.717) is 5.56 Å². The van der Waals surface area contributed by atoms with Crippen LogP contribution >= 0.6 is 0 Å². The highest BCUT2D eigenvalue weighted by Gasteiger charge is 2.19. The Labute approximate surface area is 109 Å². The van der Waals surface area contributed by atoms with E-state index in [1.54, 1.807) is 18.2 Å². The van der Waals surface area contributed by atoms with Gasteiger partial charge in [0.1, 0.15) is 28.6 Å². The van der Waals surface area contributed by atoms with Crippen LogP contribution in [0.1, 0.15) is 15.9 Å². The van der Waals surface area contributed by atoms with E-state index in [1.165, 1.54) is 6.07 Å². The van der Waals surface area contributed by atoms with Crippen molar-refractivity contribution in [2.75, 3.05) is 0 Å². The number of carbonyl (C=O) groups excluding carboxylic acids is 1. The minimum atomic E-state index is -0.559. The van der Waals surface area contributed by atoms with Crippen molar-refractivity contribution in [3.05, 3.63) is 47.5 Å². The smallest absolute Gasteiger partial charge is 0.174 e. The number of phenols is 4. The largest absolute Gasteiger partial charge is 0.508 e. The Morgan fingerprint density at radius 1 is 0.895 bits per heavy atom. The first kappa shape index (κ1) is 12.8. The fourth-order valence-electron chi connectivity index (χ4n) is 1.80. The highest BCUT2D eigenvalue weighted by atomic mass is 16.3. The summed E-state index contributed by atoms with van der Waals surface area (Å²) >= 11 is 0. The second-order valence-electron chi connectivity index (χ2n) is 4.09. The van der Waals surface area contributed by atoms with Crippen LogP contribution in [0.3, 0.4) is 0 Å². The van der Waals surface area contributed by atoms with Crippen molar-refractivity contribution in [2.24, 2.45) is 0 Å². The van der Waals surface area contributed by atoms with Gasteiger partial charge in [-0.15, -0.1) is 0 Å². The number of Topliss-reactive ketones (excluding diaryl/α,β-unsaturated/α-hetero) is 1. The third-order valence-electron chi connectivity index (χ3n) is 2.70. The second kappa shape index (κ2) is 4.89. The molecule has 0 bridgehead atoms. The fraction of sp³-hybridized carbons (Fsp3) is 0.0714. The highest BCUT2D eigenvalue weighted by molar-refractivity contribution is 6.02. The molecule has 5 heteroatoms. The van der Waals surface area contributed by atoms with Gasteiger partial charge >= 0.3 is 0 Å². The van der Waals surface area contributed by atoms with Crippen molar-refractivity contribution in [1.29, 1.82) is 0 Å². The van der Waals surface area contributed by atoms with Crippen LogP contribution in [-0.2, 0) is 6.42 Å². The first-order valence-corrected chi connectivity index (χ1v) is 5.54. The summed E-state index contributed by atoms with van der Waals surface area (Å²) in [5.41, 5.74) is 0.112. The molecule has 4 N–H and O–H groups in total. The zero-order valence-corrected chi connectivity index (χ0v) is 9.87. The van der Waals surface area contributed by atoms with Gasteiger partial charge in [-0.25, -0.2) is 0 Å². The molecule has 0 aliphatic rings. The number of ketones is 1. The van der Waals surface area contributed by atoms with Crippen LogP contribution in [-0.4, -0.2) is 26.2 Å². The number of hydrogen-bond acceptors (Lipinski definition) is 5. The third kappa shape index (κ3) is 2.60. The molecule has 0 heterocycles. The Morgan fingerprint density at radius 2 is 1.47 bits per heavy atom. The topological polar surface area (TPSA) is 98.0 Å². The zero-order valence-electron chi connectivity index (χ0n) is 9.87. The molecule has 2 rings (SSSR count). The Morgan fingerprint density at radius 3 is 2.05 bits per heavy atom. The summed E-state index contributed by atoms with van der Waals surface area (Å²) in [6, 6.07) is 8.24. The van der Waals surface area contributed by atoms with Crippen molar-refractivity contribution in [3.63, 3.8) is 0 Å². The van der Waals surface area contributed by atoms with Crippen molar-refractivity contribution in [3.8, 4) is 23.0 Å². The van der Waals surface area contributed by atoms with Crippen LogP contribution in [0.5, 0.6) is 23.0 Å². The van der Waals surface area contributed by atoms with Gasteiger partial charge < -0.3 is 20.4 Å². The molecule has 19 heavy (non-hydrogen) atoms. The van der Waals surface area contributed by atoms with Gasteiger partial charge in [0.15, 0.2) is 5.78 Å². The predicted molar refractivity (Wildman–Crippen MR) is 67.6 cm³/mol. The van der Waals surface area contributed by atoms with Crippen molar-refractivity contribution in [2.45, 2.75) is 6.42 Å². The van der Waals surface area contributed by atoms with Crippen LogP contribution in [0.25, 0.3) is 0 Å². The van der Waals surface area contributed by atoms with Crippen molar-refractivity contribution in [1.82, 2.24) is 0 Å². The number of aromatic hydroxyl groups is 4. The molecule has 0 amide bonds. The molecule has 0 radical (unpaired) electrons. The summed E-state index contributed by atoms with van der Waals surface area (Å²) in [6.07, 6.45) is -0.168. The summed E-state index contributed by atoms with van der Waals surface area (Å²) in [5.74, 6) is -1.94. The molecule has 0 saturated heterocycles. The van der Waals surface area contributed by atoms with E-state index in [4.69, 9.17) is 5.11 Å². The highest BCUT2D eigenvalue weighted by Crippen LogP contribution is 2.33. The molecular weight excluding hydrogens is 248 g/mol. The first-order valence-electron chi connectivity index (χ1n) is 5.54. The Hall–Kier alpha value is -2.69. The normalized spacial score (nSPS) is 10.3. The van der Waals surface area contributed by atoms with Gasteiger partial charge in [0, 0.05) is 24.1 Å². The van der Waals surface area contributed by atoms with Crippen LogP contribution in [0.15, 0.2) is 36.4 Å². The quantitative estimate of drug-likeness (QED) is 0.632. The van der Waals surface area contributed by atoms with Gasteiger partial charge in [-0.05, 0) is 6.07 Å². The van der Waals surface area contributed by atoms with Crippen LogP contribution in [0.4, 0.5) is 0 Å². The number of carbonyl (C=O) groups is 1. The molecule has 2 aromatic carbocycles. The summed E-state index contributed by atoms with van der Waals surface area (Å²) in [7, 11) is 0. The molecule has 0 aromatic heterocycles. The van der Waals surface area contributed by atoms with Gasteiger partial charge in [0.05, 0.1) is 0 Å². The molecule has 98 valence electrons. The average Bonchev–Trinajstić information content (AvgIpc) is 2.30. The third-order valence-corrected chi connectivity index (χ3v) is 2.70. The van der Waals surface area contributed by atoms with Crippen molar-refractivity contribution < 1.29 is 25.2 Å². The second-order valence-corrected chi connectivity index (χ2v) is 4.09. The van der Waals surface area contributed by atoms with E-state index in [0.717, 1.165) is 12.1 Å². The van der Waals surface area contributed by atoms with Gasteiger partial charge in [-0.1, -0.05) is 18.2 Å². The molecular formula is C14H12O5. The Bertz CT molecular complexity index is 610. The first-order chi connectivity index (χ1) is 8.99. The zero-order chi connectivity index (χ0) is 14.0.